The number of rotatable bonds is 5. The summed E-state index contributed by atoms with van der Waals surface area (Å²) in [6.07, 6.45) is 8.32. The Kier molecular flexibility index (Phi) is 5.34. The maximum Gasteiger partial charge on any atom is 0.115 e. The standard InChI is InChI=1S/C16H26N2O/c1-3-13-8-4-5-10-15(13)19-16(12(2)17)14-9-6-7-11-18-14/h6-7,9,11-13,15-16H,3-5,8,10,17H2,1-2H3. The van der Waals surface area contributed by atoms with Crippen LogP contribution in [0.25, 0.3) is 0 Å². The van der Waals surface area contributed by atoms with Crippen LogP contribution in [-0.2, 0) is 4.74 Å². The molecule has 1 aliphatic rings. The molecule has 0 amide bonds. The van der Waals surface area contributed by atoms with Gasteiger partial charge in [-0.25, -0.2) is 0 Å². The second-order valence-electron chi connectivity index (χ2n) is 5.66. The van der Waals surface area contributed by atoms with E-state index in [0.717, 1.165) is 12.1 Å². The van der Waals surface area contributed by atoms with Gasteiger partial charge in [-0.15, -0.1) is 0 Å². The van der Waals surface area contributed by atoms with Gasteiger partial charge in [-0.3, -0.25) is 4.98 Å². The molecular formula is C16H26N2O. The molecule has 4 unspecified atom stereocenters. The molecule has 106 valence electrons. The van der Waals surface area contributed by atoms with Gasteiger partial charge >= 0.3 is 0 Å². The Morgan fingerprint density at radius 3 is 2.79 bits per heavy atom. The quantitative estimate of drug-likeness (QED) is 0.884. The summed E-state index contributed by atoms with van der Waals surface area (Å²) in [6, 6.07) is 5.91. The van der Waals surface area contributed by atoms with Crippen molar-refractivity contribution in [2.24, 2.45) is 11.7 Å². The smallest absolute Gasteiger partial charge is 0.115 e. The molecule has 3 heteroatoms. The lowest BCUT2D eigenvalue weighted by atomic mass is 9.84. The van der Waals surface area contributed by atoms with Gasteiger partial charge in [0.05, 0.1) is 11.8 Å². The summed E-state index contributed by atoms with van der Waals surface area (Å²) in [7, 11) is 0. The molecule has 0 spiro atoms. The Hall–Kier alpha value is -0.930. The minimum atomic E-state index is -0.0849. The van der Waals surface area contributed by atoms with Crippen LogP contribution in [-0.4, -0.2) is 17.1 Å². The first-order chi connectivity index (χ1) is 9.22. The molecule has 1 saturated carbocycles. The molecule has 0 aromatic carbocycles. The summed E-state index contributed by atoms with van der Waals surface area (Å²) in [4.78, 5) is 4.41. The minimum absolute atomic E-state index is 0.0330. The van der Waals surface area contributed by atoms with Gasteiger partial charge in [0.25, 0.3) is 0 Å². The van der Waals surface area contributed by atoms with E-state index in [1.807, 2.05) is 31.3 Å². The molecule has 0 aliphatic heterocycles. The number of pyridine rings is 1. The maximum atomic E-state index is 6.35. The van der Waals surface area contributed by atoms with Gasteiger partial charge in [0.15, 0.2) is 0 Å². The van der Waals surface area contributed by atoms with E-state index in [-0.39, 0.29) is 12.1 Å². The van der Waals surface area contributed by atoms with Gasteiger partial charge < -0.3 is 10.5 Å². The molecule has 4 atom stereocenters. The average Bonchev–Trinajstić information content (AvgIpc) is 2.45. The van der Waals surface area contributed by atoms with Crippen LogP contribution in [0.4, 0.5) is 0 Å². The minimum Gasteiger partial charge on any atom is -0.367 e. The van der Waals surface area contributed by atoms with Gasteiger partial charge in [0.2, 0.25) is 0 Å². The first kappa shape index (κ1) is 14.5. The van der Waals surface area contributed by atoms with E-state index in [4.69, 9.17) is 10.5 Å². The molecule has 1 aromatic heterocycles. The highest BCUT2D eigenvalue weighted by Crippen LogP contribution is 2.33. The van der Waals surface area contributed by atoms with Crippen molar-refractivity contribution >= 4 is 0 Å². The fourth-order valence-electron chi connectivity index (χ4n) is 3.02. The van der Waals surface area contributed by atoms with Crippen LogP contribution < -0.4 is 5.73 Å². The number of hydrogen-bond donors (Lipinski definition) is 1. The van der Waals surface area contributed by atoms with Crippen LogP contribution in [0.2, 0.25) is 0 Å². The predicted molar refractivity (Wildman–Crippen MR) is 77.7 cm³/mol. The Bertz CT molecular complexity index is 366. The first-order valence-corrected chi connectivity index (χ1v) is 7.54. The monoisotopic (exact) mass is 262 g/mol. The Morgan fingerprint density at radius 2 is 2.16 bits per heavy atom. The molecule has 0 bridgehead atoms. The van der Waals surface area contributed by atoms with Crippen molar-refractivity contribution in [2.75, 3.05) is 0 Å². The lowest BCUT2D eigenvalue weighted by Crippen LogP contribution is -2.35. The number of hydrogen-bond acceptors (Lipinski definition) is 3. The molecule has 2 N–H and O–H groups in total. The van der Waals surface area contributed by atoms with E-state index in [1.165, 1.54) is 25.7 Å². The Labute approximate surface area is 116 Å². The van der Waals surface area contributed by atoms with Crippen molar-refractivity contribution in [3.63, 3.8) is 0 Å². The molecule has 0 radical (unpaired) electrons. The van der Waals surface area contributed by atoms with E-state index in [9.17, 15) is 0 Å². The zero-order valence-corrected chi connectivity index (χ0v) is 12.1. The highest BCUT2D eigenvalue weighted by molar-refractivity contribution is 5.09. The van der Waals surface area contributed by atoms with Crippen molar-refractivity contribution < 1.29 is 4.74 Å². The maximum absolute atomic E-state index is 6.35. The number of aromatic nitrogens is 1. The SMILES string of the molecule is CCC1CCCCC1OC(c1ccccn1)C(C)N. The molecule has 1 aliphatic carbocycles. The summed E-state index contributed by atoms with van der Waals surface area (Å²) in [5.41, 5.74) is 7.06. The van der Waals surface area contributed by atoms with Gasteiger partial charge in [-0.05, 0) is 37.8 Å². The average molecular weight is 262 g/mol. The van der Waals surface area contributed by atoms with Crippen LogP contribution in [0.5, 0.6) is 0 Å². The molecule has 19 heavy (non-hydrogen) atoms. The molecule has 1 heterocycles. The van der Waals surface area contributed by atoms with Crippen LogP contribution in [0.1, 0.15) is 57.7 Å². The van der Waals surface area contributed by atoms with E-state index in [1.54, 1.807) is 0 Å². The summed E-state index contributed by atoms with van der Waals surface area (Å²) >= 11 is 0. The summed E-state index contributed by atoms with van der Waals surface area (Å²) in [5, 5.41) is 0. The summed E-state index contributed by atoms with van der Waals surface area (Å²) < 4.78 is 6.35. The van der Waals surface area contributed by atoms with Crippen LogP contribution in [0, 0.1) is 5.92 Å². The van der Waals surface area contributed by atoms with Crippen molar-refractivity contribution in [3.05, 3.63) is 30.1 Å². The molecule has 0 saturated heterocycles. The number of nitrogens with two attached hydrogens (primary N) is 1. The third-order valence-corrected chi connectivity index (χ3v) is 4.14. The topological polar surface area (TPSA) is 48.1 Å². The Balaban J connectivity index is 2.08. The second-order valence-corrected chi connectivity index (χ2v) is 5.66. The predicted octanol–water partition coefficient (Wildman–Crippen LogP) is 3.46. The summed E-state index contributed by atoms with van der Waals surface area (Å²) in [6.45, 7) is 4.26. The third kappa shape index (κ3) is 3.77. The highest BCUT2D eigenvalue weighted by Gasteiger charge is 2.29. The van der Waals surface area contributed by atoms with E-state index in [0.29, 0.717) is 12.0 Å². The number of nitrogens with zero attached hydrogens (tertiary/aromatic N) is 1. The third-order valence-electron chi connectivity index (χ3n) is 4.14. The molecule has 3 nitrogen and oxygen atoms in total. The van der Waals surface area contributed by atoms with Gasteiger partial charge in [0, 0.05) is 12.2 Å². The first-order valence-electron chi connectivity index (χ1n) is 7.54. The van der Waals surface area contributed by atoms with Crippen LogP contribution >= 0.6 is 0 Å². The van der Waals surface area contributed by atoms with E-state index in [2.05, 4.69) is 11.9 Å². The zero-order chi connectivity index (χ0) is 13.7. The number of ether oxygens (including phenoxy) is 1. The molecular weight excluding hydrogens is 236 g/mol. The van der Waals surface area contributed by atoms with Crippen LogP contribution in [0.3, 0.4) is 0 Å². The van der Waals surface area contributed by atoms with Crippen molar-refractivity contribution in [1.82, 2.24) is 4.98 Å². The lowest BCUT2D eigenvalue weighted by molar-refractivity contribution is -0.0717. The normalized spacial score (nSPS) is 26.9. The zero-order valence-electron chi connectivity index (χ0n) is 12.1. The van der Waals surface area contributed by atoms with Gasteiger partial charge in [0.1, 0.15) is 6.10 Å². The fourth-order valence-corrected chi connectivity index (χ4v) is 3.02. The van der Waals surface area contributed by atoms with Crippen molar-refractivity contribution in [2.45, 2.75) is 64.2 Å². The molecule has 2 rings (SSSR count). The highest BCUT2D eigenvalue weighted by atomic mass is 16.5. The largest absolute Gasteiger partial charge is 0.367 e. The van der Waals surface area contributed by atoms with Crippen molar-refractivity contribution in [1.29, 1.82) is 0 Å². The van der Waals surface area contributed by atoms with E-state index >= 15 is 0 Å². The van der Waals surface area contributed by atoms with E-state index < -0.39 is 0 Å². The lowest BCUT2D eigenvalue weighted by Gasteiger charge is -2.35. The second kappa shape index (κ2) is 7.01. The molecule has 1 aromatic rings. The van der Waals surface area contributed by atoms with Gasteiger partial charge in [-0.1, -0.05) is 32.3 Å². The fraction of sp³-hybridized carbons (Fsp3) is 0.688. The Morgan fingerprint density at radius 1 is 1.37 bits per heavy atom. The van der Waals surface area contributed by atoms with Crippen molar-refractivity contribution in [3.8, 4) is 0 Å². The van der Waals surface area contributed by atoms with Crippen LogP contribution in [0.15, 0.2) is 24.4 Å². The van der Waals surface area contributed by atoms with Gasteiger partial charge in [-0.2, -0.15) is 0 Å². The summed E-state index contributed by atoms with van der Waals surface area (Å²) in [5.74, 6) is 0.679. The molecule has 1 fully saturated rings.